The Balaban J connectivity index is 1.46. The molecule has 7 heteroatoms. The summed E-state index contributed by atoms with van der Waals surface area (Å²) in [5.41, 5.74) is 4.63. The number of nitrogens with two attached hydrogens (primary N) is 1. The monoisotopic (exact) mass is 393 g/mol. The summed E-state index contributed by atoms with van der Waals surface area (Å²) in [4.78, 5) is 14.9. The number of aromatic nitrogens is 3. The van der Waals surface area contributed by atoms with Gasteiger partial charge in [-0.25, -0.2) is 4.68 Å². The maximum Gasteiger partial charge on any atom is 0.236 e. The first-order valence-electron chi connectivity index (χ1n) is 9.32. The molecule has 0 aliphatic carbocycles. The molecule has 4 rings (SSSR count). The Labute approximate surface area is 168 Å². The number of hydrogen-bond acceptors (Lipinski definition) is 5. The third kappa shape index (κ3) is 3.62. The third-order valence-corrected chi connectivity index (χ3v) is 6.09. The Morgan fingerprint density at radius 2 is 1.82 bits per heavy atom. The highest BCUT2D eigenvalue weighted by atomic mass is 32.2. The molecule has 144 valence electrons. The zero-order chi connectivity index (χ0) is 19.7. The Kier molecular flexibility index (Phi) is 5.09. The largest absolute Gasteiger partial charge is 0.337 e. The first kappa shape index (κ1) is 18.6. The number of benzene rings is 2. The van der Waals surface area contributed by atoms with Crippen molar-refractivity contribution < 1.29 is 4.79 Å². The predicted octanol–water partition coefficient (Wildman–Crippen LogP) is 3.03. The molecule has 1 aromatic heterocycles. The van der Waals surface area contributed by atoms with Crippen LogP contribution < -0.4 is 5.84 Å². The van der Waals surface area contributed by atoms with Crippen molar-refractivity contribution in [1.82, 2.24) is 19.8 Å². The van der Waals surface area contributed by atoms with E-state index in [1.807, 2.05) is 49.1 Å². The highest BCUT2D eigenvalue weighted by molar-refractivity contribution is 8.00. The molecule has 6 nitrogen and oxygen atoms in total. The van der Waals surface area contributed by atoms with Crippen LogP contribution in [-0.4, -0.2) is 37.5 Å². The van der Waals surface area contributed by atoms with Crippen LogP contribution in [0.1, 0.15) is 23.6 Å². The molecule has 0 bridgehead atoms. The maximum absolute atomic E-state index is 12.9. The van der Waals surface area contributed by atoms with E-state index in [1.165, 1.54) is 33.1 Å². The number of carbonyl (C=O) groups is 1. The van der Waals surface area contributed by atoms with Crippen LogP contribution in [0.5, 0.6) is 0 Å². The van der Waals surface area contributed by atoms with Gasteiger partial charge in [0.15, 0.2) is 5.82 Å². The Bertz CT molecular complexity index is 998. The standard InChI is InChI=1S/C21H23N5OS/c1-14-7-9-17(10-8-14)19-23-24-21(26(19)22)28-15(2)20(27)25-12-11-16-5-3-4-6-18(16)13-25/h3-10,15H,11-13,22H2,1-2H3/t15-/m0/s1. The molecule has 3 aromatic rings. The minimum absolute atomic E-state index is 0.0967. The zero-order valence-electron chi connectivity index (χ0n) is 16.0. The normalized spacial score (nSPS) is 14.6. The van der Waals surface area contributed by atoms with Crippen LogP contribution in [0, 0.1) is 6.92 Å². The average Bonchev–Trinajstić information content (AvgIpc) is 3.08. The van der Waals surface area contributed by atoms with Crippen molar-refractivity contribution in [3.05, 3.63) is 65.2 Å². The number of rotatable bonds is 4. The molecule has 0 saturated heterocycles. The summed E-state index contributed by atoms with van der Waals surface area (Å²) in [6.07, 6.45) is 0.893. The Hall–Kier alpha value is -2.80. The van der Waals surface area contributed by atoms with Gasteiger partial charge in [0.1, 0.15) is 0 Å². The first-order valence-corrected chi connectivity index (χ1v) is 10.2. The van der Waals surface area contributed by atoms with E-state index >= 15 is 0 Å². The van der Waals surface area contributed by atoms with Crippen LogP contribution in [0.25, 0.3) is 11.4 Å². The number of aryl methyl sites for hydroxylation is 1. The molecular weight excluding hydrogens is 370 g/mol. The molecule has 2 N–H and O–H groups in total. The number of carbonyl (C=O) groups excluding carboxylic acids is 1. The lowest BCUT2D eigenvalue weighted by Gasteiger charge is -2.30. The Morgan fingerprint density at radius 3 is 2.57 bits per heavy atom. The van der Waals surface area contributed by atoms with Crippen molar-refractivity contribution in [1.29, 1.82) is 0 Å². The van der Waals surface area contributed by atoms with Crippen molar-refractivity contribution in [2.24, 2.45) is 0 Å². The fraction of sp³-hybridized carbons (Fsp3) is 0.286. The van der Waals surface area contributed by atoms with Crippen LogP contribution in [0.4, 0.5) is 0 Å². The van der Waals surface area contributed by atoms with E-state index in [9.17, 15) is 4.79 Å². The van der Waals surface area contributed by atoms with Gasteiger partial charge in [0, 0.05) is 18.7 Å². The van der Waals surface area contributed by atoms with Crippen LogP contribution in [0.15, 0.2) is 53.7 Å². The average molecular weight is 394 g/mol. The first-order chi connectivity index (χ1) is 13.5. The minimum Gasteiger partial charge on any atom is -0.337 e. The summed E-state index contributed by atoms with van der Waals surface area (Å²) in [6.45, 7) is 5.33. The molecular formula is C21H23N5OS. The molecule has 28 heavy (non-hydrogen) atoms. The SMILES string of the molecule is Cc1ccc(-c2nnc(S[C@@H](C)C(=O)N3CCc4ccccc4C3)n2N)cc1. The summed E-state index contributed by atoms with van der Waals surface area (Å²) in [5.74, 6) is 6.90. The Morgan fingerprint density at radius 1 is 1.11 bits per heavy atom. The fourth-order valence-electron chi connectivity index (χ4n) is 3.41. The number of nitrogen functional groups attached to an aromatic ring is 1. The summed E-state index contributed by atoms with van der Waals surface area (Å²) in [5, 5.41) is 8.66. The number of amides is 1. The van der Waals surface area contributed by atoms with Crippen molar-refractivity contribution in [3.8, 4) is 11.4 Å². The van der Waals surface area contributed by atoms with E-state index in [-0.39, 0.29) is 11.2 Å². The van der Waals surface area contributed by atoms with Crippen molar-refractivity contribution in [2.75, 3.05) is 12.4 Å². The van der Waals surface area contributed by atoms with E-state index < -0.39 is 0 Å². The van der Waals surface area contributed by atoms with Crippen molar-refractivity contribution in [3.63, 3.8) is 0 Å². The maximum atomic E-state index is 12.9. The van der Waals surface area contributed by atoms with Crippen LogP contribution in [0.3, 0.4) is 0 Å². The van der Waals surface area contributed by atoms with Gasteiger partial charge in [-0.2, -0.15) is 0 Å². The molecule has 1 aliphatic rings. The molecule has 1 atom stereocenters. The van der Waals surface area contributed by atoms with E-state index in [0.29, 0.717) is 17.5 Å². The molecule has 1 aliphatic heterocycles. The van der Waals surface area contributed by atoms with Gasteiger partial charge in [0.2, 0.25) is 11.1 Å². The van der Waals surface area contributed by atoms with E-state index in [2.05, 4.69) is 28.4 Å². The van der Waals surface area contributed by atoms with Gasteiger partial charge < -0.3 is 10.7 Å². The van der Waals surface area contributed by atoms with Crippen LogP contribution in [0.2, 0.25) is 0 Å². The van der Waals surface area contributed by atoms with Gasteiger partial charge in [0.05, 0.1) is 5.25 Å². The predicted molar refractivity (Wildman–Crippen MR) is 111 cm³/mol. The summed E-state index contributed by atoms with van der Waals surface area (Å²) in [6, 6.07) is 16.3. The molecule has 0 spiro atoms. The zero-order valence-corrected chi connectivity index (χ0v) is 16.8. The molecule has 0 radical (unpaired) electrons. The molecule has 2 aromatic carbocycles. The van der Waals surface area contributed by atoms with E-state index in [0.717, 1.165) is 18.5 Å². The number of fused-ring (bicyclic) bond motifs is 1. The van der Waals surface area contributed by atoms with Gasteiger partial charge in [-0.05, 0) is 31.4 Å². The molecule has 2 heterocycles. The lowest BCUT2D eigenvalue weighted by Crippen LogP contribution is -2.40. The fourth-order valence-corrected chi connectivity index (χ4v) is 4.26. The highest BCUT2D eigenvalue weighted by Crippen LogP contribution is 2.27. The second kappa shape index (κ2) is 7.67. The van der Waals surface area contributed by atoms with Crippen molar-refractivity contribution >= 4 is 17.7 Å². The highest BCUT2D eigenvalue weighted by Gasteiger charge is 2.27. The smallest absolute Gasteiger partial charge is 0.236 e. The van der Waals surface area contributed by atoms with Gasteiger partial charge in [-0.3, -0.25) is 4.79 Å². The summed E-state index contributed by atoms with van der Waals surface area (Å²) >= 11 is 1.35. The number of thioether (sulfide) groups is 1. The van der Waals surface area contributed by atoms with E-state index in [1.54, 1.807) is 0 Å². The lowest BCUT2D eigenvalue weighted by atomic mass is 10.00. The second-order valence-electron chi connectivity index (χ2n) is 7.08. The molecule has 0 unspecified atom stereocenters. The number of hydrogen-bond donors (Lipinski definition) is 1. The molecule has 1 amide bonds. The molecule has 0 fully saturated rings. The third-order valence-electron chi connectivity index (χ3n) is 5.05. The van der Waals surface area contributed by atoms with Crippen LogP contribution in [-0.2, 0) is 17.8 Å². The van der Waals surface area contributed by atoms with Crippen molar-refractivity contribution in [2.45, 2.75) is 37.2 Å². The van der Waals surface area contributed by atoms with Gasteiger partial charge >= 0.3 is 0 Å². The van der Waals surface area contributed by atoms with Crippen LogP contribution >= 0.6 is 11.8 Å². The van der Waals surface area contributed by atoms with Gasteiger partial charge in [-0.1, -0.05) is 65.9 Å². The summed E-state index contributed by atoms with van der Waals surface area (Å²) in [7, 11) is 0. The summed E-state index contributed by atoms with van der Waals surface area (Å²) < 4.78 is 1.46. The van der Waals surface area contributed by atoms with Gasteiger partial charge in [0.25, 0.3) is 0 Å². The van der Waals surface area contributed by atoms with E-state index in [4.69, 9.17) is 5.84 Å². The topological polar surface area (TPSA) is 77.0 Å². The van der Waals surface area contributed by atoms with Gasteiger partial charge in [-0.15, -0.1) is 10.2 Å². The quantitative estimate of drug-likeness (QED) is 0.545. The number of nitrogens with zero attached hydrogens (tertiary/aromatic N) is 4. The second-order valence-corrected chi connectivity index (χ2v) is 8.39. The molecule has 0 saturated carbocycles. The lowest BCUT2D eigenvalue weighted by molar-refractivity contribution is -0.131. The minimum atomic E-state index is -0.289.